The molecule has 1 nitrogen and oxygen atoms in total. The molecular weight excluding hydrogens is 134 g/mol. The second-order valence-electron chi connectivity index (χ2n) is 4.66. The summed E-state index contributed by atoms with van der Waals surface area (Å²) < 4.78 is 0. The quantitative estimate of drug-likeness (QED) is 0.566. The molecule has 66 valence electrons. The fraction of sp³-hybridized carbons (Fsp3) is 1.00. The van der Waals surface area contributed by atoms with Crippen molar-refractivity contribution in [2.45, 2.75) is 40.0 Å². The fourth-order valence-corrected chi connectivity index (χ4v) is 1.40. The van der Waals surface area contributed by atoms with Gasteiger partial charge in [-0.25, -0.2) is 0 Å². The number of hydrogen-bond donors (Lipinski definition) is 1. The third-order valence-electron chi connectivity index (χ3n) is 2.29. The smallest absolute Gasteiger partial charge is 0.000829 e. The van der Waals surface area contributed by atoms with Gasteiger partial charge in [-0.1, -0.05) is 20.8 Å². The molecule has 1 saturated heterocycles. The Kier molecular flexibility index (Phi) is 2.94. The van der Waals surface area contributed by atoms with Crippen LogP contribution >= 0.6 is 0 Å². The Hall–Kier alpha value is -0.0400. The van der Waals surface area contributed by atoms with E-state index in [1.165, 1.54) is 32.4 Å². The van der Waals surface area contributed by atoms with E-state index in [0.717, 1.165) is 11.3 Å². The molecule has 1 heterocycles. The van der Waals surface area contributed by atoms with Crippen LogP contribution in [0.5, 0.6) is 0 Å². The maximum Gasteiger partial charge on any atom is 0.000829 e. The Morgan fingerprint density at radius 1 is 1.09 bits per heavy atom. The van der Waals surface area contributed by atoms with Gasteiger partial charge in [0.05, 0.1) is 0 Å². The molecule has 0 aromatic heterocycles. The molecule has 0 aromatic carbocycles. The molecule has 1 heteroatoms. The van der Waals surface area contributed by atoms with Gasteiger partial charge in [-0.15, -0.1) is 0 Å². The summed E-state index contributed by atoms with van der Waals surface area (Å²) in [5.74, 6) is 0.833. The Balaban J connectivity index is 0.000000134. The predicted octanol–water partition coefficient (Wildman–Crippen LogP) is 2.42. The SMILES string of the molecule is C1CC2(CC2)CN1.CC(C)C. The zero-order chi connectivity index (χ0) is 8.32. The van der Waals surface area contributed by atoms with Crippen molar-refractivity contribution in [2.24, 2.45) is 11.3 Å². The molecule has 2 aliphatic rings. The van der Waals surface area contributed by atoms with E-state index >= 15 is 0 Å². The van der Waals surface area contributed by atoms with Crippen LogP contribution in [-0.2, 0) is 0 Å². The average Bonchev–Trinajstić information content (AvgIpc) is 2.38. The highest BCUT2D eigenvalue weighted by atomic mass is 14.9. The second kappa shape index (κ2) is 3.57. The lowest BCUT2D eigenvalue weighted by Crippen LogP contribution is -2.08. The highest BCUT2D eigenvalue weighted by Crippen LogP contribution is 2.49. The Morgan fingerprint density at radius 3 is 1.82 bits per heavy atom. The Labute approximate surface area is 70.6 Å². The van der Waals surface area contributed by atoms with E-state index in [1.54, 1.807) is 0 Å². The summed E-state index contributed by atoms with van der Waals surface area (Å²) in [5, 5.41) is 3.38. The lowest BCUT2D eigenvalue weighted by molar-refractivity contribution is 0.574. The van der Waals surface area contributed by atoms with Crippen LogP contribution in [0.1, 0.15) is 40.0 Å². The standard InChI is InChI=1S/C6H11N.C4H10/c1-2-6(1)3-4-7-5-6;1-4(2)3/h7H,1-5H2;4H,1-3H3. The van der Waals surface area contributed by atoms with Crippen molar-refractivity contribution in [1.82, 2.24) is 5.32 Å². The minimum absolute atomic E-state index is 0.833. The Bertz CT molecular complexity index is 103. The van der Waals surface area contributed by atoms with Gasteiger partial charge in [0.1, 0.15) is 0 Å². The molecule has 1 N–H and O–H groups in total. The maximum atomic E-state index is 3.38. The molecular formula is C10H21N. The molecule has 1 aliphatic heterocycles. The van der Waals surface area contributed by atoms with E-state index < -0.39 is 0 Å². The lowest BCUT2D eigenvalue weighted by atomic mass is 10.1. The van der Waals surface area contributed by atoms with Gasteiger partial charge in [0.25, 0.3) is 0 Å². The molecule has 2 fully saturated rings. The van der Waals surface area contributed by atoms with Crippen molar-refractivity contribution < 1.29 is 0 Å². The van der Waals surface area contributed by atoms with Crippen molar-refractivity contribution in [3.8, 4) is 0 Å². The summed E-state index contributed by atoms with van der Waals surface area (Å²) in [6.45, 7) is 9.09. The first kappa shape index (κ1) is 9.05. The average molecular weight is 155 g/mol. The molecule has 1 aliphatic carbocycles. The third-order valence-corrected chi connectivity index (χ3v) is 2.29. The minimum atomic E-state index is 0.833. The molecule has 0 amide bonds. The molecule has 11 heavy (non-hydrogen) atoms. The van der Waals surface area contributed by atoms with Crippen molar-refractivity contribution in [3.63, 3.8) is 0 Å². The zero-order valence-electron chi connectivity index (χ0n) is 8.11. The summed E-state index contributed by atoms with van der Waals surface area (Å²) in [6, 6.07) is 0. The van der Waals surface area contributed by atoms with Gasteiger partial charge in [-0.3, -0.25) is 0 Å². The van der Waals surface area contributed by atoms with Crippen LogP contribution < -0.4 is 5.32 Å². The first-order valence-corrected chi connectivity index (χ1v) is 4.85. The second-order valence-corrected chi connectivity index (χ2v) is 4.66. The normalized spacial score (nSPS) is 25.1. The minimum Gasteiger partial charge on any atom is -0.316 e. The molecule has 0 radical (unpaired) electrons. The zero-order valence-corrected chi connectivity index (χ0v) is 8.11. The molecule has 2 rings (SSSR count). The van der Waals surface area contributed by atoms with Crippen LogP contribution in [0.15, 0.2) is 0 Å². The van der Waals surface area contributed by atoms with Crippen LogP contribution in [0.4, 0.5) is 0 Å². The van der Waals surface area contributed by atoms with E-state index in [2.05, 4.69) is 26.1 Å². The topological polar surface area (TPSA) is 12.0 Å². The summed E-state index contributed by atoms with van der Waals surface area (Å²) in [7, 11) is 0. The van der Waals surface area contributed by atoms with Crippen LogP contribution in [0, 0.1) is 11.3 Å². The van der Waals surface area contributed by atoms with Crippen LogP contribution in [0.2, 0.25) is 0 Å². The van der Waals surface area contributed by atoms with E-state index in [-0.39, 0.29) is 0 Å². The van der Waals surface area contributed by atoms with Crippen LogP contribution in [0.25, 0.3) is 0 Å². The number of hydrogen-bond acceptors (Lipinski definition) is 1. The molecule has 0 unspecified atom stereocenters. The van der Waals surface area contributed by atoms with Gasteiger partial charge in [-0.05, 0) is 37.1 Å². The summed E-state index contributed by atoms with van der Waals surface area (Å²) in [5.41, 5.74) is 0.833. The third kappa shape index (κ3) is 3.24. The maximum absolute atomic E-state index is 3.38. The van der Waals surface area contributed by atoms with E-state index in [0.29, 0.717) is 0 Å². The lowest BCUT2D eigenvalue weighted by Gasteiger charge is -1.96. The first-order valence-electron chi connectivity index (χ1n) is 4.85. The van der Waals surface area contributed by atoms with E-state index in [9.17, 15) is 0 Å². The van der Waals surface area contributed by atoms with Gasteiger partial charge in [0, 0.05) is 6.54 Å². The van der Waals surface area contributed by atoms with Crippen molar-refractivity contribution >= 4 is 0 Å². The van der Waals surface area contributed by atoms with Gasteiger partial charge >= 0.3 is 0 Å². The Morgan fingerprint density at radius 2 is 1.64 bits per heavy atom. The first-order chi connectivity index (χ1) is 5.15. The van der Waals surface area contributed by atoms with Crippen molar-refractivity contribution in [1.29, 1.82) is 0 Å². The van der Waals surface area contributed by atoms with Gasteiger partial charge < -0.3 is 5.32 Å². The molecule has 1 saturated carbocycles. The fourth-order valence-electron chi connectivity index (χ4n) is 1.40. The van der Waals surface area contributed by atoms with Gasteiger partial charge in [-0.2, -0.15) is 0 Å². The highest BCUT2D eigenvalue weighted by Gasteiger charge is 2.44. The monoisotopic (exact) mass is 155 g/mol. The molecule has 0 bridgehead atoms. The van der Waals surface area contributed by atoms with Crippen LogP contribution in [0.3, 0.4) is 0 Å². The van der Waals surface area contributed by atoms with Crippen molar-refractivity contribution in [2.75, 3.05) is 13.1 Å². The molecule has 0 atom stereocenters. The van der Waals surface area contributed by atoms with Gasteiger partial charge in [0.2, 0.25) is 0 Å². The van der Waals surface area contributed by atoms with E-state index in [1.807, 2.05) is 0 Å². The summed E-state index contributed by atoms with van der Waals surface area (Å²) in [6.07, 6.45) is 4.45. The largest absolute Gasteiger partial charge is 0.316 e. The van der Waals surface area contributed by atoms with Crippen molar-refractivity contribution in [3.05, 3.63) is 0 Å². The van der Waals surface area contributed by atoms with E-state index in [4.69, 9.17) is 0 Å². The summed E-state index contributed by atoms with van der Waals surface area (Å²) in [4.78, 5) is 0. The van der Waals surface area contributed by atoms with Crippen LogP contribution in [-0.4, -0.2) is 13.1 Å². The highest BCUT2D eigenvalue weighted by molar-refractivity contribution is 4.98. The number of nitrogens with one attached hydrogen (secondary N) is 1. The summed E-state index contributed by atoms with van der Waals surface area (Å²) >= 11 is 0. The predicted molar refractivity (Wildman–Crippen MR) is 49.7 cm³/mol. The molecule has 0 aromatic rings. The number of rotatable bonds is 0. The molecule has 1 spiro atoms. The van der Waals surface area contributed by atoms with Gasteiger partial charge in [0.15, 0.2) is 0 Å².